The third kappa shape index (κ3) is 3.67. The first kappa shape index (κ1) is 21.6. The van der Waals surface area contributed by atoms with Crippen LogP contribution >= 0.6 is 0 Å². The van der Waals surface area contributed by atoms with Crippen molar-refractivity contribution >= 4 is 5.78 Å². The number of allylic oxidation sites excluding steroid dienone is 1. The first-order valence-corrected chi connectivity index (χ1v) is 13.0. The Bertz CT molecular complexity index is 647. The van der Waals surface area contributed by atoms with Crippen LogP contribution in [0.4, 0.5) is 0 Å². The second-order valence-corrected chi connectivity index (χ2v) is 12.1. The van der Waals surface area contributed by atoms with Gasteiger partial charge in [-0.15, -0.1) is 0 Å². The highest BCUT2D eigenvalue weighted by molar-refractivity contribution is 5.91. The Kier molecular flexibility index (Phi) is 6.09. The fraction of sp³-hybridized carbons (Fsp3) is 0.893. The molecule has 4 unspecified atom stereocenters. The van der Waals surface area contributed by atoms with E-state index in [9.17, 15) is 4.79 Å². The molecule has 0 saturated heterocycles. The van der Waals surface area contributed by atoms with Gasteiger partial charge in [0.05, 0.1) is 0 Å². The lowest BCUT2D eigenvalue weighted by atomic mass is 9.46. The molecule has 4 aliphatic rings. The average Bonchev–Trinajstić information content (AvgIpc) is 3.05. The maximum Gasteiger partial charge on any atom is 0.155 e. The standard InChI is InChI=1S/C28H46O/c1-6-19(2)8-7-9-20(3)24-12-13-25-23-11-10-21-18-22(29)14-16-27(21,4)26(23)15-17-28(24,25)5/h18-20,23-26H,6-17H2,1-5H3/t19-,20?,23?,24+,25?,26?,27-,28+/m0/s1. The van der Waals surface area contributed by atoms with Gasteiger partial charge in [-0.3, -0.25) is 4.79 Å². The fourth-order valence-corrected chi connectivity index (χ4v) is 8.73. The monoisotopic (exact) mass is 398 g/mol. The van der Waals surface area contributed by atoms with Crippen molar-refractivity contribution < 1.29 is 4.79 Å². The van der Waals surface area contributed by atoms with Gasteiger partial charge in [0.25, 0.3) is 0 Å². The molecule has 0 aliphatic heterocycles. The van der Waals surface area contributed by atoms with Gasteiger partial charge in [-0.25, -0.2) is 0 Å². The molecule has 0 bridgehead atoms. The van der Waals surface area contributed by atoms with E-state index in [0.717, 1.165) is 48.3 Å². The molecule has 0 amide bonds. The summed E-state index contributed by atoms with van der Waals surface area (Å²) in [6.07, 6.45) is 18.0. The highest BCUT2D eigenvalue weighted by Crippen LogP contribution is 2.67. The zero-order valence-corrected chi connectivity index (χ0v) is 19.9. The summed E-state index contributed by atoms with van der Waals surface area (Å²) in [5.74, 6) is 5.84. The lowest BCUT2D eigenvalue weighted by Crippen LogP contribution is -2.50. The van der Waals surface area contributed by atoms with Gasteiger partial charge in [0.1, 0.15) is 0 Å². The van der Waals surface area contributed by atoms with E-state index in [2.05, 4.69) is 40.7 Å². The number of rotatable bonds is 6. The lowest BCUT2D eigenvalue weighted by molar-refractivity contribution is -0.117. The van der Waals surface area contributed by atoms with Crippen molar-refractivity contribution in [2.75, 3.05) is 0 Å². The first-order valence-electron chi connectivity index (χ1n) is 13.0. The molecule has 1 nitrogen and oxygen atoms in total. The van der Waals surface area contributed by atoms with Crippen LogP contribution in [-0.4, -0.2) is 5.78 Å². The summed E-state index contributed by atoms with van der Waals surface area (Å²) in [6.45, 7) is 12.5. The normalized spacial score (nSPS) is 43.8. The van der Waals surface area contributed by atoms with Crippen molar-refractivity contribution in [1.82, 2.24) is 0 Å². The van der Waals surface area contributed by atoms with Crippen LogP contribution in [0.3, 0.4) is 0 Å². The molecular weight excluding hydrogens is 352 g/mol. The summed E-state index contributed by atoms with van der Waals surface area (Å²) < 4.78 is 0. The molecule has 0 aromatic heterocycles. The van der Waals surface area contributed by atoms with Crippen LogP contribution in [0.1, 0.15) is 112 Å². The second kappa shape index (κ2) is 8.16. The maximum atomic E-state index is 12.0. The van der Waals surface area contributed by atoms with Crippen LogP contribution in [0.2, 0.25) is 0 Å². The van der Waals surface area contributed by atoms with Crippen LogP contribution in [0.25, 0.3) is 0 Å². The van der Waals surface area contributed by atoms with Crippen LogP contribution in [0, 0.1) is 46.3 Å². The molecule has 0 aromatic carbocycles. The van der Waals surface area contributed by atoms with Crippen LogP contribution < -0.4 is 0 Å². The Morgan fingerprint density at radius 2 is 1.79 bits per heavy atom. The molecule has 3 fully saturated rings. The molecular formula is C28H46O. The Hall–Kier alpha value is -0.590. The molecule has 0 spiro atoms. The van der Waals surface area contributed by atoms with E-state index in [1.807, 2.05) is 0 Å². The van der Waals surface area contributed by atoms with Gasteiger partial charge in [0.15, 0.2) is 5.78 Å². The van der Waals surface area contributed by atoms with Crippen molar-refractivity contribution in [2.45, 2.75) is 112 Å². The Morgan fingerprint density at radius 3 is 2.55 bits per heavy atom. The predicted molar refractivity (Wildman–Crippen MR) is 123 cm³/mol. The zero-order chi connectivity index (χ0) is 20.8. The number of carbonyl (C=O) groups excluding carboxylic acids is 1. The number of hydrogen-bond donors (Lipinski definition) is 0. The lowest BCUT2D eigenvalue weighted by Gasteiger charge is -2.58. The summed E-state index contributed by atoms with van der Waals surface area (Å²) in [6, 6.07) is 0. The van der Waals surface area contributed by atoms with Gasteiger partial charge in [-0.2, -0.15) is 0 Å². The summed E-state index contributed by atoms with van der Waals surface area (Å²) in [4.78, 5) is 12.0. The van der Waals surface area contributed by atoms with E-state index in [1.165, 1.54) is 69.8 Å². The molecule has 8 atom stereocenters. The highest BCUT2D eigenvalue weighted by Gasteiger charge is 2.59. The van der Waals surface area contributed by atoms with E-state index < -0.39 is 0 Å². The maximum absolute atomic E-state index is 12.0. The molecule has 164 valence electrons. The van der Waals surface area contributed by atoms with Gasteiger partial charge in [-0.05, 0) is 97.4 Å². The number of hydrogen-bond acceptors (Lipinski definition) is 1. The minimum atomic E-state index is 0.331. The summed E-state index contributed by atoms with van der Waals surface area (Å²) >= 11 is 0. The van der Waals surface area contributed by atoms with E-state index >= 15 is 0 Å². The Labute approximate surface area is 180 Å². The van der Waals surface area contributed by atoms with Crippen LogP contribution in [0.15, 0.2) is 11.6 Å². The van der Waals surface area contributed by atoms with E-state index in [4.69, 9.17) is 0 Å². The predicted octanol–water partition coefficient (Wildman–Crippen LogP) is 7.99. The van der Waals surface area contributed by atoms with E-state index in [-0.39, 0.29) is 0 Å². The highest BCUT2D eigenvalue weighted by atomic mass is 16.1. The molecule has 0 aromatic rings. The van der Waals surface area contributed by atoms with Crippen LogP contribution in [0.5, 0.6) is 0 Å². The van der Waals surface area contributed by atoms with Gasteiger partial charge in [-0.1, -0.05) is 65.9 Å². The number of fused-ring (bicyclic) bond motifs is 5. The van der Waals surface area contributed by atoms with Crippen molar-refractivity contribution in [2.24, 2.45) is 46.3 Å². The minimum absolute atomic E-state index is 0.331. The van der Waals surface area contributed by atoms with Crippen molar-refractivity contribution in [3.8, 4) is 0 Å². The molecule has 4 rings (SSSR count). The van der Waals surface area contributed by atoms with E-state index in [1.54, 1.807) is 0 Å². The summed E-state index contributed by atoms with van der Waals surface area (Å²) in [5, 5.41) is 0. The summed E-state index contributed by atoms with van der Waals surface area (Å²) in [5.41, 5.74) is 2.43. The van der Waals surface area contributed by atoms with E-state index in [0.29, 0.717) is 16.6 Å². The third-order valence-electron chi connectivity index (χ3n) is 10.8. The van der Waals surface area contributed by atoms with Crippen molar-refractivity contribution in [1.29, 1.82) is 0 Å². The van der Waals surface area contributed by atoms with Crippen molar-refractivity contribution in [3.63, 3.8) is 0 Å². The Balaban J connectivity index is 1.46. The smallest absolute Gasteiger partial charge is 0.155 e. The Morgan fingerprint density at radius 1 is 1.00 bits per heavy atom. The molecule has 4 aliphatic carbocycles. The molecule has 0 radical (unpaired) electrons. The second-order valence-electron chi connectivity index (χ2n) is 12.1. The topological polar surface area (TPSA) is 17.1 Å². The SMILES string of the molecule is CC[C@H](C)CCCC(C)[C@H]1CCC2C3CCC4=CC(=O)CC[C@]4(C)C3CC[C@@]21C. The first-order chi connectivity index (χ1) is 13.8. The molecule has 0 heterocycles. The molecule has 0 N–H and O–H groups in total. The largest absolute Gasteiger partial charge is 0.295 e. The number of ketones is 1. The third-order valence-corrected chi connectivity index (χ3v) is 10.8. The average molecular weight is 399 g/mol. The molecule has 29 heavy (non-hydrogen) atoms. The zero-order valence-electron chi connectivity index (χ0n) is 19.9. The van der Waals surface area contributed by atoms with Gasteiger partial charge >= 0.3 is 0 Å². The van der Waals surface area contributed by atoms with Gasteiger partial charge < -0.3 is 0 Å². The van der Waals surface area contributed by atoms with Gasteiger partial charge in [0, 0.05) is 6.42 Å². The minimum Gasteiger partial charge on any atom is -0.295 e. The molecule has 1 heteroatoms. The fourth-order valence-electron chi connectivity index (χ4n) is 8.73. The molecule has 3 saturated carbocycles. The number of carbonyl (C=O) groups is 1. The quantitative estimate of drug-likeness (QED) is 0.443. The summed E-state index contributed by atoms with van der Waals surface area (Å²) in [7, 11) is 0. The van der Waals surface area contributed by atoms with Gasteiger partial charge in [0.2, 0.25) is 0 Å². The van der Waals surface area contributed by atoms with Crippen LogP contribution in [-0.2, 0) is 4.79 Å². The van der Waals surface area contributed by atoms with Crippen molar-refractivity contribution in [3.05, 3.63) is 11.6 Å².